The van der Waals surface area contributed by atoms with E-state index in [4.69, 9.17) is 0 Å². The van der Waals surface area contributed by atoms with Crippen LogP contribution < -0.4 is 0 Å². The van der Waals surface area contributed by atoms with Gasteiger partial charge in [0.05, 0.1) is 0 Å². The number of hydrogen-bond acceptors (Lipinski definition) is 3. The molecule has 0 saturated carbocycles. The lowest BCUT2D eigenvalue weighted by molar-refractivity contribution is 0.746. The van der Waals surface area contributed by atoms with Gasteiger partial charge < -0.3 is 0 Å². The van der Waals surface area contributed by atoms with Crippen molar-refractivity contribution in [3.05, 3.63) is 16.5 Å². The fourth-order valence-corrected chi connectivity index (χ4v) is 2.48. The molecule has 0 aromatic carbocycles. The van der Waals surface area contributed by atoms with Gasteiger partial charge in [-0.15, -0.1) is 11.8 Å². The number of thioether (sulfide) groups is 1. The van der Waals surface area contributed by atoms with Crippen LogP contribution in [0.2, 0.25) is 0 Å². The quantitative estimate of drug-likeness (QED) is 0.612. The normalized spacial score (nSPS) is 13.2. The Morgan fingerprint density at radius 2 is 2.00 bits per heavy atom. The molecule has 0 radical (unpaired) electrons. The van der Waals surface area contributed by atoms with Crippen LogP contribution in [0.25, 0.3) is 0 Å². The predicted octanol–water partition coefficient (Wildman–Crippen LogP) is 4.25. The molecule has 4 heteroatoms. The number of aromatic nitrogens is 2. The van der Waals surface area contributed by atoms with E-state index >= 15 is 0 Å². The Labute approximate surface area is 104 Å². The smallest absolute Gasteiger partial charge is 0.133 e. The largest absolute Gasteiger partial charge is 0.226 e. The molecule has 15 heavy (non-hydrogen) atoms. The maximum atomic E-state index is 4.54. The molecule has 2 nitrogen and oxygen atoms in total. The fourth-order valence-electron chi connectivity index (χ4n) is 1.02. The second kappa shape index (κ2) is 5.85. The highest BCUT2D eigenvalue weighted by Crippen LogP contribution is 2.26. The zero-order chi connectivity index (χ0) is 11.4. The van der Waals surface area contributed by atoms with Gasteiger partial charge in [-0.3, -0.25) is 0 Å². The lowest BCUT2D eigenvalue weighted by Gasteiger charge is -2.10. The van der Waals surface area contributed by atoms with Gasteiger partial charge in [0.2, 0.25) is 0 Å². The summed E-state index contributed by atoms with van der Waals surface area (Å²) in [5.41, 5.74) is 0. The lowest BCUT2D eigenvalue weighted by Crippen LogP contribution is -2.01. The summed E-state index contributed by atoms with van der Waals surface area (Å²) in [5.74, 6) is 1.29. The average Bonchev–Trinajstić information content (AvgIpc) is 2.16. The third-order valence-corrected chi connectivity index (χ3v) is 3.69. The highest BCUT2D eigenvalue weighted by atomic mass is 79.9. The Balaban J connectivity index is 2.88. The van der Waals surface area contributed by atoms with Gasteiger partial charge in [0, 0.05) is 17.2 Å². The van der Waals surface area contributed by atoms with E-state index < -0.39 is 0 Å². The van der Waals surface area contributed by atoms with Crippen LogP contribution in [-0.2, 0) is 0 Å². The Hall–Kier alpha value is -0.0900. The maximum absolute atomic E-state index is 4.54. The van der Waals surface area contributed by atoms with Crippen LogP contribution in [-0.4, -0.2) is 15.2 Å². The summed E-state index contributed by atoms with van der Waals surface area (Å²) in [4.78, 5) is 8.90. The van der Waals surface area contributed by atoms with Crippen molar-refractivity contribution in [2.75, 3.05) is 0 Å². The molecule has 1 aromatic heterocycles. The van der Waals surface area contributed by atoms with E-state index in [1.807, 2.05) is 17.8 Å². The topological polar surface area (TPSA) is 25.8 Å². The van der Waals surface area contributed by atoms with E-state index in [0.29, 0.717) is 11.2 Å². The minimum Gasteiger partial charge on any atom is -0.226 e. The molecule has 0 spiro atoms. The molecular weight excluding hydrogens is 272 g/mol. The van der Waals surface area contributed by atoms with Gasteiger partial charge in [-0.05, 0) is 22.4 Å². The van der Waals surface area contributed by atoms with Crippen LogP contribution in [0.1, 0.15) is 45.9 Å². The number of rotatable bonds is 4. The highest BCUT2D eigenvalue weighted by molar-refractivity contribution is 9.10. The minimum atomic E-state index is 0.374. The van der Waals surface area contributed by atoms with Crippen molar-refractivity contribution in [1.29, 1.82) is 0 Å². The van der Waals surface area contributed by atoms with Crippen LogP contribution in [0, 0.1) is 0 Å². The summed E-state index contributed by atoms with van der Waals surface area (Å²) < 4.78 is 0.881. The summed E-state index contributed by atoms with van der Waals surface area (Å²) in [6.07, 6.45) is 1.16. The zero-order valence-electron chi connectivity index (χ0n) is 9.62. The molecule has 1 rings (SSSR count). The van der Waals surface area contributed by atoms with Crippen molar-refractivity contribution in [1.82, 2.24) is 9.97 Å². The summed E-state index contributed by atoms with van der Waals surface area (Å²) in [6.45, 7) is 8.63. The summed E-state index contributed by atoms with van der Waals surface area (Å²) in [6, 6.07) is 1.99. The van der Waals surface area contributed by atoms with Crippen molar-refractivity contribution >= 4 is 27.7 Å². The summed E-state index contributed by atoms with van der Waals surface area (Å²) in [5, 5.41) is 1.67. The Bertz CT molecular complexity index is 328. The molecule has 0 aliphatic heterocycles. The van der Waals surface area contributed by atoms with Gasteiger partial charge in [-0.2, -0.15) is 0 Å². The van der Waals surface area contributed by atoms with E-state index in [-0.39, 0.29) is 0 Å². The first-order valence-electron chi connectivity index (χ1n) is 5.24. The average molecular weight is 289 g/mol. The van der Waals surface area contributed by atoms with Crippen molar-refractivity contribution in [3.63, 3.8) is 0 Å². The van der Waals surface area contributed by atoms with Gasteiger partial charge in [0.25, 0.3) is 0 Å². The Morgan fingerprint density at radius 1 is 1.33 bits per heavy atom. The first-order valence-corrected chi connectivity index (χ1v) is 6.91. The maximum Gasteiger partial charge on any atom is 0.133 e. The second-order valence-corrected chi connectivity index (χ2v) is 6.15. The van der Waals surface area contributed by atoms with E-state index in [2.05, 4.69) is 53.6 Å². The van der Waals surface area contributed by atoms with Crippen LogP contribution in [0.4, 0.5) is 0 Å². The molecule has 0 saturated heterocycles. The van der Waals surface area contributed by atoms with Crippen LogP contribution in [0.5, 0.6) is 0 Å². The van der Waals surface area contributed by atoms with Crippen molar-refractivity contribution in [2.24, 2.45) is 0 Å². The van der Waals surface area contributed by atoms with Gasteiger partial charge in [-0.25, -0.2) is 9.97 Å². The molecule has 0 bridgehead atoms. The van der Waals surface area contributed by atoms with Crippen LogP contribution in [0.3, 0.4) is 0 Å². The van der Waals surface area contributed by atoms with Gasteiger partial charge in [0.1, 0.15) is 15.5 Å². The standard InChI is InChI=1S/C11H17BrN2S/c1-5-8(4)15-10-6-9(12)13-11(14-10)7(2)3/h6-8H,5H2,1-4H3. The first kappa shape index (κ1) is 13.0. The van der Waals surface area contributed by atoms with Gasteiger partial charge in [0.15, 0.2) is 0 Å². The first-order chi connectivity index (χ1) is 7.02. The molecule has 0 aliphatic rings. The Morgan fingerprint density at radius 3 is 2.53 bits per heavy atom. The van der Waals surface area contributed by atoms with Crippen LogP contribution in [0.15, 0.2) is 15.7 Å². The second-order valence-electron chi connectivity index (χ2n) is 3.88. The molecule has 0 N–H and O–H groups in total. The molecular formula is C11H17BrN2S. The van der Waals surface area contributed by atoms with Gasteiger partial charge >= 0.3 is 0 Å². The third kappa shape index (κ3) is 4.11. The predicted molar refractivity (Wildman–Crippen MR) is 69.4 cm³/mol. The van der Waals surface area contributed by atoms with E-state index in [1.165, 1.54) is 0 Å². The molecule has 84 valence electrons. The van der Waals surface area contributed by atoms with Crippen molar-refractivity contribution in [2.45, 2.75) is 50.3 Å². The number of halogens is 1. The summed E-state index contributed by atoms with van der Waals surface area (Å²) in [7, 11) is 0. The highest BCUT2D eigenvalue weighted by Gasteiger charge is 2.09. The molecule has 1 heterocycles. The van der Waals surface area contributed by atoms with Crippen LogP contribution >= 0.6 is 27.7 Å². The van der Waals surface area contributed by atoms with E-state index in [0.717, 1.165) is 21.9 Å². The molecule has 0 aliphatic carbocycles. The SMILES string of the molecule is CCC(C)Sc1cc(Br)nc(C(C)C)n1. The molecule has 0 fully saturated rings. The molecule has 1 atom stereocenters. The molecule has 1 unspecified atom stereocenters. The molecule has 1 aromatic rings. The Kier molecular flexibility index (Phi) is 5.06. The van der Waals surface area contributed by atoms with Crippen molar-refractivity contribution in [3.8, 4) is 0 Å². The molecule has 0 amide bonds. The third-order valence-electron chi connectivity index (χ3n) is 2.10. The van der Waals surface area contributed by atoms with Crippen molar-refractivity contribution < 1.29 is 0 Å². The summed E-state index contributed by atoms with van der Waals surface area (Å²) >= 11 is 5.24. The minimum absolute atomic E-state index is 0.374. The van der Waals surface area contributed by atoms with Gasteiger partial charge in [-0.1, -0.05) is 27.7 Å². The fraction of sp³-hybridized carbons (Fsp3) is 0.636. The lowest BCUT2D eigenvalue weighted by atomic mass is 10.2. The monoisotopic (exact) mass is 288 g/mol. The van der Waals surface area contributed by atoms with E-state index in [1.54, 1.807) is 0 Å². The number of nitrogens with zero attached hydrogens (tertiary/aromatic N) is 2. The zero-order valence-corrected chi connectivity index (χ0v) is 12.0. The number of hydrogen-bond donors (Lipinski definition) is 0. The van der Waals surface area contributed by atoms with E-state index in [9.17, 15) is 0 Å².